The molecule has 7 aliphatic rings. The molecule has 6 saturated carbocycles. The van der Waals surface area contributed by atoms with E-state index in [1.165, 1.54) is 0 Å². The lowest BCUT2D eigenvalue weighted by Crippen LogP contribution is -2.62. The van der Waals surface area contributed by atoms with Gasteiger partial charge in [-0.1, -0.05) is 27.7 Å². The topological polar surface area (TPSA) is 86.7 Å². The van der Waals surface area contributed by atoms with Crippen molar-refractivity contribution in [2.24, 2.45) is 46.3 Å². The molecule has 0 aromatic heterocycles. The molecule has 172 valence electrons. The van der Waals surface area contributed by atoms with Crippen molar-refractivity contribution >= 4 is 19.7 Å². The Hall–Kier alpha value is -0.180. The van der Waals surface area contributed by atoms with Crippen molar-refractivity contribution < 1.29 is 26.3 Å². The van der Waals surface area contributed by atoms with Gasteiger partial charge in [0, 0.05) is 11.8 Å². The smallest absolute Gasteiger partial charge is 0.167 e. The lowest BCUT2D eigenvalue weighted by molar-refractivity contribution is -0.159. The van der Waals surface area contributed by atoms with Gasteiger partial charge in [-0.3, -0.25) is 0 Å². The highest BCUT2D eigenvalue weighted by Crippen LogP contribution is 2.64. The summed E-state index contributed by atoms with van der Waals surface area (Å²) in [6, 6.07) is 0. The van der Waals surface area contributed by atoms with Crippen molar-refractivity contribution in [3.05, 3.63) is 0 Å². The van der Waals surface area contributed by atoms with E-state index in [1.54, 1.807) is 0 Å². The van der Waals surface area contributed by atoms with Gasteiger partial charge in [0.15, 0.2) is 24.8 Å². The van der Waals surface area contributed by atoms with Crippen LogP contribution in [0.25, 0.3) is 0 Å². The molecule has 0 amide bonds. The molecule has 0 N–H and O–H groups in total. The highest BCUT2D eigenvalue weighted by molar-refractivity contribution is 8.08. The molecule has 8 heteroatoms. The zero-order valence-corrected chi connectivity index (χ0v) is 20.2. The van der Waals surface area contributed by atoms with Gasteiger partial charge in [-0.2, -0.15) is 0 Å². The summed E-state index contributed by atoms with van der Waals surface area (Å²) >= 11 is 0. The van der Waals surface area contributed by atoms with Crippen LogP contribution in [0.4, 0.5) is 0 Å². The maximum atomic E-state index is 13.5. The third-order valence-electron chi connectivity index (χ3n) is 10.2. The Morgan fingerprint density at radius 2 is 1.07 bits per heavy atom. The first kappa shape index (κ1) is 21.7. The minimum atomic E-state index is -3.76. The first-order chi connectivity index (χ1) is 13.9. The fourth-order valence-electron chi connectivity index (χ4n) is 7.90. The molecule has 7 rings (SSSR count). The summed E-state index contributed by atoms with van der Waals surface area (Å²) in [5.41, 5.74) is 0.191. The number of sulfone groups is 2. The largest absolute Gasteiger partial charge is 0.355 e. The van der Waals surface area contributed by atoms with Crippen LogP contribution in [0.2, 0.25) is 0 Å². The van der Waals surface area contributed by atoms with Crippen molar-refractivity contribution in [1.82, 2.24) is 0 Å². The van der Waals surface area contributed by atoms with Crippen molar-refractivity contribution in [2.75, 3.05) is 25.1 Å². The molecule has 30 heavy (non-hydrogen) atoms. The number of ether oxygens (including phenoxy) is 2. The third-order valence-corrected chi connectivity index (χ3v) is 15.7. The first-order valence-electron chi connectivity index (χ1n) is 11.4. The molecule has 0 spiro atoms. The summed E-state index contributed by atoms with van der Waals surface area (Å²) in [7, 11) is -7.52. The Morgan fingerprint density at radius 3 is 1.43 bits per heavy atom. The summed E-state index contributed by atoms with van der Waals surface area (Å²) in [6.45, 7) is 9.60. The average Bonchev–Trinajstić information content (AvgIpc) is 2.65. The second-order valence-electron chi connectivity index (χ2n) is 11.9. The van der Waals surface area contributed by atoms with Crippen LogP contribution in [0.5, 0.6) is 0 Å². The molecule has 6 aliphatic carbocycles. The zero-order valence-electron chi connectivity index (χ0n) is 18.5. The van der Waals surface area contributed by atoms with Gasteiger partial charge in [0.25, 0.3) is 0 Å². The SMILES string of the molecule is CC1(C)[C@H]2C[C@@H]1[C@@H]1COCOC[C@H]3[C@H]4C[C@@H](C[C@@H]3S(=O)(=O)CS(=O)(=O)[C@H]1C2)C4(C)C. The highest BCUT2D eigenvalue weighted by Gasteiger charge is 2.63. The van der Waals surface area contributed by atoms with Gasteiger partial charge in [-0.05, 0) is 60.2 Å². The van der Waals surface area contributed by atoms with E-state index in [0.29, 0.717) is 37.9 Å². The molecule has 1 saturated heterocycles. The first-order valence-corrected chi connectivity index (χ1v) is 14.9. The van der Waals surface area contributed by atoms with Gasteiger partial charge in [-0.15, -0.1) is 0 Å². The van der Waals surface area contributed by atoms with Crippen LogP contribution in [-0.4, -0.2) is 52.4 Å². The Morgan fingerprint density at radius 1 is 0.667 bits per heavy atom. The minimum Gasteiger partial charge on any atom is -0.355 e. The molecule has 1 aliphatic heterocycles. The van der Waals surface area contributed by atoms with Crippen LogP contribution in [0, 0.1) is 46.3 Å². The molecule has 0 unspecified atom stereocenters. The number of hydrogen-bond donors (Lipinski definition) is 0. The monoisotopic (exact) mass is 460 g/mol. The van der Waals surface area contributed by atoms with E-state index in [1.807, 2.05) is 0 Å². The second kappa shape index (κ2) is 6.67. The van der Waals surface area contributed by atoms with Gasteiger partial charge in [0.2, 0.25) is 0 Å². The van der Waals surface area contributed by atoms with E-state index >= 15 is 0 Å². The van der Waals surface area contributed by atoms with Crippen LogP contribution in [0.3, 0.4) is 0 Å². The quantitative estimate of drug-likeness (QED) is 0.552. The van der Waals surface area contributed by atoms with Crippen LogP contribution in [0.1, 0.15) is 53.4 Å². The van der Waals surface area contributed by atoms with Gasteiger partial charge in [-0.25, -0.2) is 16.8 Å². The lowest BCUT2D eigenvalue weighted by atomic mass is 9.45. The molecular formula is C22H36O6S2. The summed E-state index contributed by atoms with van der Waals surface area (Å²) in [5, 5.41) is -1.93. The third kappa shape index (κ3) is 2.99. The fourth-order valence-corrected chi connectivity index (χ4v) is 13.8. The molecule has 8 atom stereocenters. The van der Waals surface area contributed by atoms with Crippen molar-refractivity contribution in [3.8, 4) is 0 Å². The van der Waals surface area contributed by atoms with E-state index in [4.69, 9.17) is 9.47 Å². The molecule has 7 fully saturated rings. The summed E-state index contributed by atoms with van der Waals surface area (Å²) in [4.78, 5) is 0. The Balaban J connectivity index is 1.46. The van der Waals surface area contributed by atoms with Crippen molar-refractivity contribution in [3.63, 3.8) is 0 Å². The van der Waals surface area contributed by atoms with Crippen LogP contribution in [0.15, 0.2) is 0 Å². The van der Waals surface area contributed by atoms with Crippen LogP contribution >= 0.6 is 0 Å². The van der Waals surface area contributed by atoms with Gasteiger partial charge >= 0.3 is 0 Å². The second-order valence-corrected chi connectivity index (χ2v) is 16.7. The molecule has 0 aromatic carbocycles. The lowest BCUT2D eigenvalue weighted by Gasteiger charge is -2.63. The summed E-state index contributed by atoms with van der Waals surface area (Å²) in [6.07, 6.45) is 3.15. The predicted octanol–water partition coefficient (Wildman–Crippen LogP) is 2.88. The van der Waals surface area contributed by atoms with Crippen molar-refractivity contribution in [2.45, 2.75) is 63.9 Å². The standard InChI is InChI=1S/C22H36O6S2/c1-21(2)13-5-17(21)15-9-27-11-28-10-16-18-6-14(22(18,3)4)8-20(16)30(25,26)12-29(23,24)19(15)7-13/h13-20H,5-12H2,1-4H3/t13-,14-,15-,16-,17+,18+,19-,20-/m0/s1. The van der Waals surface area contributed by atoms with Gasteiger partial charge < -0.3 is 9.47 Å². The van der Waals surface area contributed by atoms with E-state index < -0.39 is 35.3 Å². The average molecular weight is 461 g/mol. The molecule has 1 heterocycles. The van der Waals surface area contributed by atoms with E-state index in [2.05, 4.69) is 27.7 Å². The van der Waals surface area contributed by atoms with Crippen LogP contribution < -0.4 is 0 Å². The maximum Gasteiger partial charge on any atom is 0.167 e. The van der Waals surface area contributed by atoms with Crippen molar-refractivity contribution in [1.29, 1.82) is 0 Å². The predicted molar refractivity (Wildman–Crippen MR) is 114 cm³/mol. The maximum absolute atomic E-state index is 13.5. The van der Waals surface area contributed by atoms with Gasteiger partial charge in [0.1, 0.15) is 6.79 Å². The van der Waals surface area contributed by atoms with Crippen LogP contribution in [-0.2, 0) is 29.1 Å². The molecule has 0 aromatic rings. The molecule has 4 bridgehead atoms. The summed E-state index contributed by atoms with van der Waals surface area (Å²) in [5.74, 6) is 0.919. The normalized spacial score (nSPS) is 50.3. The summed E-state index contributed by atoms with van der Waals surface area (Å²) < 4.78 is 65.6. The molecular weight excluding hydrogens is 424 g/mol. The minimum absolute atomic E-state index is 0.0954. The van der Waals surface area contributed by atoms with Gasteiger partial charge in [0.05, 0.1) is 23.7 Å². The van der Waals surface area contributed by atoms with E-state index in [0.717, 1.165) is 12.8 Å². The Kier molecular flexibility index (Phi) is 4.82. The Bertz CT molecular complexity index is 847. The zero-order chi connectivity index (χ0) is 21.7. The fraction of sp³-hybridized carbons (Fsp3) is 1.00. The number of rotatable bonds is 0. The van der Waals surface area contributed by atoms with E-state index in [-0.39, 0.29) is 41.3 Å². The molecule has 0 radical (unpaired) electrons. The molecule has 6 nitrogen and oxygen atoms in total. The Labute approximate surface area is 181 Å². The van der Waals surface area contributed by atoms with E-state index in [9.17, 15) is 16.8 Å². The highest BCUT2D eigenvalue weighted by atomic mass is 32.3. The number of hydrogen-bond acceptors (Lipinski definition) is 6.